The molecule has 7 nitrogen and oxygen atoms in total. The van der Waals surface area contributed by atoms with Gasteiger partial charge in [-0.15, -0.1) is 0 Å². The fraction of sp³-hybridized carbons (Fsp3) is 0.222. The van der Waals surface area contributed by atoms with Crippen LogP contribution in [-0.2, 0) is 0 Å². The molecule has 1 amide bonds. The predicted molar refractivity (Wildman–Crippen MR) is 106 cm³/mol. The predicted octanol–water partition coefficient (Wildman–Crippen LogP) is 4.10. The van der Waals surface area contributed by atoms with Crippen LogP contribution in [0.15, 0.2) is 30.3 Å². The van der Waals surface area contributed by atoms with Gasteiger partial charge in [0.25, 0.3) is 11.6 Å². The van der Waals surface area contributed by atoms with Crippen LogP contribution in [0.4, 0.5) is 19.6 Å². The van der Waals surface area contributed by atoms with Crippen LogP contribution in [0, 0.1) is 21.7 Å². The van der Waals surface area contributed by atoms with Crippen LogP contribution in [0.25, 0.3) is 10.2 Å². The Bertz CT molecular complexity index is 1130. The number of aromatic nitrogens is 1. The highest BCUT2D eigenvalue weighted by atomic mass is 35.5. The number of nitro groups is 1. The van der Waals surface area contributed by atoms with Crippen LogP contribution in [-0.4, -0.2) is 46.9 Å². The number of hydrogen-bond donors (Lipinski definition) is 0. The van der Waals surface area contributed by atoms with Crippen molar-refractivity contribution in [2.45, 2.75) is 0 Å². The van der Waals surface area contributed by atoms with Crippen molar-refractivity contribution < 1.29 is 18.5 Å². The van der Waals surface area contributed by atoms with Crippen molar-refractivity contribution >= 4 is 49.9 Å². The Morgan fingerprint density at radius 2 is 1.90 bits per heavy atom. The van der Waals surface area contributed by atoms with Crippen molar-refractivity contribution in [3.05, 3.63) is 62.7 Å². The summed E-state index contributed by atoms with van der Waals surface area (Å²) in [5, 5.41) is 11.6. The summed E-state index contributed by atoms with van der Waals surface area (Å²) < 4.78 is 27.7. The summed E-state index contributed by atoms with van der Waals surface area (Å²) in [6.07, 6.45) is 0. The summed E-state index contributed by atoms with van der Waals surface area (Å²) in [4.78, 5) is 30.8. The zero-order chi connectivity index (χ0) is 20.7. The number of anilines is 1. The molecular weight excluding hydrogens is 426 g/mol. The number of carbonyl (C=O) groups excluding carboxylic acids is 1. The Balaban J connectivity index is 1.50. The fourth-order valence-electron chi connectivity index (χ4n) is 3.14. The number of carbonyl (C=O) groups is 1. The first-order valence-electron chi connectivity index (χ1n) is 8.57. The number of amides is 1. The number of thiazole rings is 1. The summed E-state index contributed by atoms with van der Waals surface area (Å²) in [6.45, 7) is 1.54. The Hall–Kier alpha value is -2.85. The Labute approximate surface area is 172 Å². The lowest BCUT2D eigenvalue weighted by Crippen LogP contribution is -2.48. The average molecular weight is 439 g/mol. The van der Waals surface area contributed by atoms with Crippen LogP contribution >= 0.6 is 22.9 Å². The van der Waals surface area contributed by atoms with Gasteiger partial charge in [0.2, 0.25) is 0 Å². The van der Waals surface area contributed by atoms with Crippen LogP contribution < -0.4 is 4.90 Å². The first-order chi connectivity index (χ1) is 13.8. The van der Waals surface area contributed by atoms with Crippen molar-refractivity contribution in [2.75, 3.05) is 31.1 Å². The quantitative estimate of drug-likeness (QED) is 0.454. The molecule has 0 radical (unpaired) electrons. The van der Waals surface area contributed by atoms with E-state index >= 15 is 0 Å². The van der Waals surface area contributed by atoms with Gasteiger partial charge in [-0.1, -0.05) is 22.9 Å². The molecule has 0 spiro atoms. The number of rotatable bonds is 3. The monoisotopic (exact) mass is 438 g/mol. The van der Waals surface area contributed by atoms with Gasteiger partial charge in [0.05, 0.1) is 20.2 Å². The molecular formula is C18H13ClF2N4O3S. The smallest absolute Gasteiger partial charge is 0.270 e. The van der Waals surface area contributed by atoms with Gasteiger partial charge in [0, 0.05) is 44.4 Å². The second kappa shape index (κ2) is 7.53. The molecule has 3 aromatic rings. The standard InChI is InChI=1S/C18H13ClF2N4O3S/c19-13-2-1-11(25(27)28)9-12(13)17(26)23-3-5-24(6-4-23)18-22-16-14(21)7-10(20)8-15(16)29-18/h1-2,7-9H,3-6H2. The SMILES string of the molecule is O=C(c1cc([N+](=O)[O-])ccc1Cl)N1CCN(c2nc3c(F)cc(F)cc3s2)CC1. The maximum Gasteiger partial charge on any atom is 0.270 e. The molecule has 2 heterocycles. The number of benzene rings is 2. The van der Waals surface area contributed by atoms with E-state index in [4.69, 9.17) is 11.6 Å². The lowest BCUT2D eigenvalue weighted by Gasteiger charge is -2.34. The Morgan fingerprint density at radius 1 is 1.17 bits per heavy atom. The molecule has 1 saturated heterocycles. The van der Waals surface area contributed by atoms with Crippen LogP contribution in [0.3, 0.4) is 0 Å². The lowest BCUT2D eigenvalue weighted by molar-refractivity contribution is -0.384. The third kappa shape index (κ3) is 3.73. The van der Waals surface area contributed by atoms with Gasteiger partial charge in [-0.25, -0.2) is 13.8 Å². The van der Waals surface area contributed by atoms with Crippen LogP contribution in [0.1, 0.15) is 10.4 Å². The van der Waals surface area contributed by atoms with E-state index in [1.165, 1.54) is 35.6 Å². The second-order valence-corrected chi connectivity index (χ2v) is 7.85. The van der Waals surface area contributed by atoms with Crippen LogP contribution in [0.2, 0.25) is 5.02 Å². The summed E-state index contributed by atoms with van der Waals surface area (Å²) in [5.41, 5.74) is -0.0137. The van der Waals surface area contributed by atoms with E-state index < -0.39 is 22.5 Å². The number of halogens is 3. The molecule has 0 unspecified atom stereocenters. The highest BCUT2D eigenvalue weighted by molar-refractivity contribution is 7.22. The minimum atomic E-state index is -0.711. The molecule has 4 rings (SSSR count). The first-order valence-corrected chi connectivity index (χ1v) is 9.76. The zero-order valence-electron chi connectivity index (χ0n) is 14.8. The first kappa shape index (κ1) is 19.5. The minimum absolute atomic E-state index is 0.0758. The van der Waals surface area contributed by atoms with Gasteiger partial charge in [-0.3, -0.25) is 14.9 Å². The number of fused-ring (bicyclic) bond motifs is 1. The summed E-state index contributed by atoms with van der Waals surface area (Å²) in [7, 11) is 0. The van der Waals surface area contributed by atoms with E-state index in [2.05, 4.69) is 4.98 Å². The topological polar surface area (TPSA) is 79.6 Å². The molecule has 11 heteroatoms. The van der Waals surface area contributed by atoms with Gasteiger partial charge in [0.15, 0.2) is 10.9 Å². The fourth-order valence-corrected chi connectivity index (χ4v) is 4.40. The highest BCUT2D eigenvalue weighted by Crippen LogP contribution is 2.32. The minimum Gasteiger partial charge on any atom is -0.345 e. The summed E-state index contributed by atoms with van der Waals surface area (Å²) in [5.74, 6) is -1.76. The maximum absolute atomic E-state index is 13.9. The number of non-ortho nitro benzene ring substituents is 1. The highest BCUT2D eigenvalue weighted by Gasteiger charge is 2.26. The molecule has 0 aliphatic carbocycles. The van der Waals surface area contributed by atoms with Crippen molar-refractivity contribution in [1.82, 2.24) is 9.88 Å². The summed E-state index contributed by atoms with van der Waals surface area (Å²) >= 11 is 7.24. The lowest BCUT2D eigenvalue weighted by atomic mass is 10.1. The van der Waals surface area contributed by atoms with Gasteiger partial charge < -0.3 is 9.80 Å². The molecule has 0 N–H and O–H groups in total. The summed E-state index contributed by atoms with van der Waals surface area (Å²) in [6, 6.07) is 5.78. The third-order valence-corrected chi connectivity index (χ3v) is 6.02. The number of hydrogen-bond acceptors (Lipinski definition) is 6. The molecule has 1 fully saturated rings. The molecule has 1 aliphatic rings. The van der Waals surface area contributed by atoms with Crippen molar-refractivity contribution in [3.8, 4) is 0 Å². The largest absolute Gasteiger partial charge is 0.345 e. The van der Waals surface area contributed by atoms with E-state index in [1.807, 2.05) is 4.90 Å². The molecule has 1 aliphatic heterocycles. The van der Waals surface area contributed by atoms with Gasteiger partial charge in [-0.2, -0.15) is 0 Å². The third-order valence-electron chi connectivity index (χ3n) is 4.63. The van der Waals surface area contributed by atoms with E-state index in [9.17, 15) is 23.7 Å². The average Bonchev–Trinajstić information content (AvgIpc) is 3.12. The van der Waals surface area contributed by atoms with Crippen molar-refractivity contribution in [1.29, 1.82) is 0 Å². The van der Waals surface area contributed by atoms with Crippen molar-refractivity contribution in [3.63, 3.8) is 0 Å². The molecule has 0 bridgehead atoms. The Morgan fingerprint density at radius 3 is 2.59 bits per heavy atom. The molecule has 0 saturated carbocycles. The molecule has 150 valence electrons. The van der Waals surface area contributed by atoms with E-state index in [0.29, 0.717) is 36.0 Å². The molecule has 29 heavy (non-hydrogen) atoms. The number of nitrogens with zero attached hydrogens (tertiary/aromatic N) is 4. The van der Waals surface area contributed by atoms with E-state index in [-0.39, 0.29) is 21.8 Å². The van der Waals surface area contributed by atoms with Crippen LogP contribution in [0.5, 0.6) is 0 Å². The van der Waals surface area contributed by atoms with E-state index in [1.54, 1.807) is 4.90 Å². The molecule has 2 aromatic carbocycles. The normalized spacial score (nSPS) is 14.4. The number of piperazine rings is 1. The Kier molecular flexibility index (Phi) is 5.05. The maximum atomic E-state index is 13.9. The zero-order valence-corrected chi connectivity index (χ0v) is 16.3. The molecule has 0 atom stereocenters. The molecule has 1 aromatic heterocycles. The van der Waals surface area contributed by atoms with Gasteiger partial charge in [0.1, 0.15) is 11.3 Å². The van der Waals surface area contributed by atoms with E-state index in [0.717, 1.165) is 6.07 Å². The van der Waals surface area contributed by atoms with Crippen molar-refractivity contribution in [2.24, 2.45) is 0 Å². The van der Waals surface area contributed by atoms with Gasteiger partial charge >= 0.3 is 0 Å². The second-order valence-electron chi connectivity index (χ2n) is 6.43. The number of nitro benzene ring substituents is 1. The van der Waals surface area contributed by atoms with Gasteiger partial charge in [-0.05, 0) is 12.1 Å².